The third-order valence-corrected chi connectivity index (χ3v) is 5.10. The molecule has 3 heterocycles. The van der Waals surface area contributed by atoms with Gasteiger partial charge in [0.1, 0.15) is 30.8 Å². The van der Waals surface area contributed by atoms with Crippen molar-refractivity contribution < 1.29 is 18.7 Å². The third-order valence-electron chi connectivity index (χ3n) is 4.05. The molecule has 0 saturated carbocycles. The summed E-state index contributed by atoms with van der Waals surface area (Å²) in [5.74, 6) is -0.624. The lowest BCUT2D eigenvalue weighted by Gasteiger charge is -2.23. The van der Waals surface area contributed by atoms with Gasteiger partial charge in [-0.2, -0.15) is 0 Å². The van der Waals surface area contributed by atoms with Gasteiger partial charge in [0.25, 0.3) is 5.91 Å². The van der Waals surface area contributed by atoms with E-state index in [2.05, 4.69) is 9.97 Å². The van der Waals surface area contributed by atoms with E-state index in [1.165, 1.54) is 28.6 Å². The number of carbonyl (C=O) groups is 1. The Kier molecular flexibility index (Phi) is 5.01. The van der Waals surface area contributed by atoms with Gasteiger partial charge < -0.3 is 14.0 Å². The number of imidazole rings is 1. The van der Waals surface area contributed by atoms with Crippen LogP contribution >= 0.6 is 11.3 Å². The zero-order valence-electron chi connectivity index (χ0n) is 14.4. The van der Waals surface area contributed by atoms with E-state index in [0.29, 0.717) is 42.6 Å². The van der Waals surface area contributed by atoms with Crippen LogP contribution in [0.1, 0.15) is 6.42 Å². The molecule has 0 saturated heterocycles. The monoisotopic (exact) mass is 388 g/mol. The number of ether oxygens (including phenoxy) is 2. The highest BCUT2D eigenvalue weighted by Crippen LogP contribution is 2.31. The van der Waals surface area contributed by atoms with Gasteiger partial charge in [-0.1, -0.05) is 17.4 Å². The van der Waals surface area contributed by atoms with Crippen molar-refractivity contribution in [2.75, 3.05) is 24.7 Å². The van der Waals surface area contributed by atoms with E-state index in [1.54, 1.807) is 24.7 Å². The summed E-state index contributed by atoms with van der Waals surface area (Å²) < 4.78 is 27.3. The summed E-state index contributed by atoms with van der Waals surface area (Å²) in [6, 6.07) is 4.77. The molecule has 0 spiro atoms. The van der Waals surface area contributed by atoms with Gasteiger partial charge in [0.05, 0.1) is 11.0 Å². The number of anilines is 1. The van der Waals surface area contributed by atoms with Gasteiger partial charge >= 0.3 is 0 Å². The van der Waals surface area contributed by atoms with Crippen LogP contribution in [0.5, 0.6) is 0 Å². The van der Waals surface area contributed by atoms with Crippen molar-refractivity contribution in [1.29, 1.82) is 0 Å². The molecule has 1 amide bonds. The van der Waals surface area contributed by atoms with Gasteiger partial charge in [-0.05, 0) is 18.6 Å². The number of rotatable bonds is 6. The number of fused-ring (bicyclic) bond motifs is 1. The van der Waals surface area contributed by atoms with Gasteiger partial charge in [0.15, 0.2) is 5.13 Å². The molecule has 27 heavy (non-hydrogen) atoms. The van der Waals surface area contributed by atoms with Crippen LogP contribution in [0.15, 0.2) is 48.9 Å². The van der Waals surface area contributed by atoms with Crippen LogP contribution in [0.2, 0.25) is 0 Å². The fraction of sp³-hybridized carbons (Fsp3) is 0.278. The van der Waals surface area contributed by atoms with E-state index in [0.717, 1.165) is 0 Å². The lowest BCUT2D eigenvalue weighted by atomic mass is 10.3. The Hall–Kier alpha value is -2.94. The second-order valence-corrected chi connectivity index (χ2v) is 6.90. The number of benzene rings is 1. The molecular weight excluding hydrogens is 371 g/mol. The fourth-order valence-corrected chi connectivity index (χ4v) is 3.75. The number of thiazole rings is 1. The van der Waals surface area contributed by atoms with Gasteiger partial charge in [0.2, 0.25) is 5.76 Å². The van der Waals surface area contributed by atoms with Crippen molar-refractivity contribution in [3.8, 4) is 0 Å². The smallest absolute Gasteiger partial charge is 0.298 e. The van der Waals surface area contributed by atoms with Crippen LogP contribution in [0.4, 0.5) is 9.52 Å². The lowest BCUT2D eigenvalue weighted by molar-refractivity contribution is -0.119. The van der Waals surface area contributed by atoms with Gasteiger partial charge in [-0.25, -0.2) is 14.4 Å². The molecule has 0 radical (unpaired) electrons. The largest absolute Gasteiger partial charge is 0.494 e. The summed E-state index contributed by atoms with van der Waals surface area (Å²) >= 11 is 1.27. The number of amides is 1. The first-order valence-corrected chi connectivity index (χ1v) is 9.31. The summed E-state index contributed by atoms with van der Waals surface area (Å²) in [7, 11) is 0. The van der Waals surface area contributed by atoms with Gasteiger partial charge in [-0.15, -0.1) is 0 Å². The third kappa shape index (κ3) is 3.77. The molecule has 7 nitrogen and oxygen atoms in total. The summed E-state index contributed by atoms with van der Waals surface area (Å²) in [6.07, 6.45) is 7.29. The van der Waals surface area contributed by atoms with E-state index in [4.69, 9.17) is 9.47 Å². The van der Waals surface area contributed by atoms with Crippen molar-refractivity contribution >= 4 is 32.6 Å². The number of carbonyl (C=O) groups excluding carboxylic acids is 1. The Bertz CT molecular complexity index is 970. The van der Waals surface area contributed by atoms with E-state index < -0.39 is 5.82 Å². The zero-order valence-corrected chi connectivity index (χ0v) is 15.2. The van der Waals surface area contributed by atoms with E-state index >= 15 is 0 Å². The predicted octanol–water partition coefficient (Wildman–Crippen LogP) is 2.94. The first-order valence-electron chi connectivity index (χ1n) is 8.49. The molecule has 9 heteroatoms. The molecule has 1 aliphatic heterocycles. The number of nitrogens with zero attached hydrogens (tertiary/aromatic N) is 4. The molecule has 1 aliphatic rings. The highest BCUT2D eigenvalue weighted by molar-refractivity contribution is 7.22. The van der Waals surface area contributed by atoms with Crippen molar-refractivity contribution in [1.82, 2.24) is 14.5 Å². The van der Waals surface area contributed by atoms with Crippen molar-refractivity contribution in [2.24, 2.45) is 0 Å². The quantitative estimate of drug-likeness (QED) is 0.649. The molecule has 4 rings (SSSR count). The van der Waals surface area contributed by atoms with Gasteiger partial charge in [0, 0.05) is 25.5 Å². The van der Waals surface area contributed by atoms with Crippen molar-refractivity contribution in [3.63, 3.8) is 0 Å². The fourth-order valence-electron chi connectivity index (χ4n) is 2.75. The summed E-state index contributed by atoms with van der Waals surface area (Å²) in [4.78, 5) is 22.8. The van der Waals surface area contributed by atoms with Crippen LogP contribution in [0, 0.1) is 5.82 Å². The van der Waals surface area contributed by atoms with Crippen molar-refractivity contribution in [3.05, 3.63) is 54.8 Å². The number of hydrogen-bond acceptors (Lipinski definition) is 6. The number of aryl methyl sites for hydroxylation is 1. The Labute approximate surface area is 158 Å². The summed E-state index contributed by atoms with van der Waals surface area (Å²) in [5, 5.41) is 0.431. The van der Waals surface area contributed by atoms with E-state index in [-0.39, 0.29) is 17.2 Å². The normalized spacial score (nSPS) is 13.7. The maximum atomic E-state index is 14.0. The number of aromatic nitrogens is 3. The molecule has 0 atom stereocenters. The zero-order chi connectivity index (χ0) is 18.6. The minimum Gasteiger partial charge on any atom is -0.494 e. The number of hydrogen-bond donors (Lipinski definition) is 0. The Morgan fingerprint density at radius 2 is 2.30 bits per heavy atom. The van der Waals surface area contributed by atoms with E-state index in [1.807, 2.05) is 10.8 Å². The molecule has 0 aliphatic carbocycles. The molecule has 2 aromatic heterocycles. The average molecular weight is 388 g/mol. The summed E-state index contributed by atoms with van der Waals surface area (Å²) in [5.41, 5.74) is 0.264. The first-order chi connectivity index (χ1) is 13.2. The molecule has 0 N–H and O–H groups in total. The van der Waals surface area contributed by atoms with Crippen LogP contribution in [0.25, 0.3) is 10.2 Å². The first kappa shape index (κ1) is 17.5. The Morgan fingerprint density at radius 3 is 3.04 bits per heavy atom. The second-order valence-electron chi connectivity index (χ2n) is 5.90. The van der Waals surface area contributed by atoms with Crippen LogP contribution in [0.3, 0.4) is 0 Å². The summed E-state index contributed by atoms with van der Waals surface area (Å²) in [6.45, 7) is 1.82. The predicted molar refractivity (Wildman–Crippen MR) is 98.8 cm³/mol. The maximum Gasteiger partial charge on any atom is 0.298 e. The Morgan fingerprint density at radius 1 is 1.37 bits per heavy atom. The molecule has 140 valence electrons. The highest BCUT2D eigenvalue weighted by Gasteiger charge is 2.26. The number of halogens is 1. The molecular formula is C18H17FN4O3S. The molecule has 0 bridgehead atoms. The molecule has 1 aromatic carbocycles. The maximum absolute atomic E-state index is 14.0. The lowest BCUT2D eigenvalue weighted by Crippen LogP contribution is -2.35. The standard InChI is InChI=1S/C18H17FN4O3S/c19-13-3-1-4-15-16(13)21-18(27-15)23(7-2-6-22-8-5-20-12-22)17(24)14-11-25-9-10-26-14/h1,3-5,8,11-12H,2,6-7,9-10H2. The molecule has 0 unspecified atom stereocenters. The Balaban J connectivity index is 1.60. The van der Waals surface area contributed by atoms with Crippen molar-refractivity contribution in [2.45, 2.75) is 13.0 Å². The SMILES string of the molecule is O=C(C1=COCCO1)N(CCCn1ccnc1)c1nc2c(F)cccc2s1. The average Bonchev–Trinajstić information content (AvgIpc) is 3.36. The molecule has 0 fully saturated rings. The highest BCUT2D eigenvalue weighted by atomic mass is 32.1. The van der Waals surface area contributed by atoms with Crippen LogP contribution in [-0.2, 0) is 20.8 Å². The van der Waals surface area contributed by atoms with Crippen LogP contribution < -0.4 is 4.90 Å². The van der Waals surface area contributed by atoms with Gasteiger partial charge in [-0.3, -0.25) is 9.69 Å². The van der Waals surface area contributed by atoms with E-state index in [9.17, 15) is 9.18 Å². The minimum atomic E-state index is -0.405. The topological polar surface area (TPSA) is 69.5 Å². The minimum absolute atomic E-state index is 0.128. The second kappa shape index (κ2) is 7.75. The number of para-hydroxylation sites is 1. The molecule has 3 aromatic rings. The van der Waals surface area contributed by atoms with Crippen LogP contribution in [-0.4, -0.2) is 40.2 Å².